The average Bonchev–Trinajstić information content (AvgIpc) is 3.15. The normalized spacial score (nSPS) is 15.3. The van der Waals surface area contributed by atoms with Crippen molar-refractivity contribution in [2.24, 2.45) is 0 Å². The predicted octanol–water partition coefficient (Wildman–Crippen LogP) is 5.17. The van der Waals surface area contributed by atoms with Crippen molar-refractivity contribution < 1.29 is 24.2 Å². The maximum atomic E-state index is 12.8. The number of anilines is 1. The van der Waals surface area contributed by atoms with Gasteiger partial charge in [-0.3, -0.25) is 4.79 Å². The molecule has 3 aromatic rings. The predicted molar refractivity (Wildman–Crippen MR) is 131 cm³/mol. The molecule has 0 heterocycles. The molecule has 178 valence electrons. The van der Waals surface area contributed by atoms with Gasteiger partial charge in [0.25, 0.3) is 0 Å². The summed E-state index contributed by atoms with van der Waals surface area (Å²) in [6, 6.07) is 22.3. The lowest BCUT2D eigenvalue weighted by Gasteiger charge is -2.41. The molecule has 1 fully saturated rings. The fraction of sp³-hybridized carbons (Fsp3) is 0.250. The quantitative estimate of drug-likeness (QED) is 0.442. The van der Waals surface area contributed by atoms with Crippen molar-refractivity contribution in [1.82, 2.24) is 5.32 Å². The number of hydrogen-bond donors (Lipinski definition) is 3. The molecule has 2 aliphatic carbocycles. The van der Waals surface area contributed by atoms with Crippen LogP contribution in [0.25, 0.3) is 11.1 Å². The van der Waals surface area contributed by atoms with Crippen LogP contribution in [0, 0.1) is 0 Å². The third-order valence-corrected chi connectivity index (χ3v) is 6.94. The van der Waals surface area contributed by atoms with Gasteiger partial charge in [-0.1, -0.05) is 48.5 Å². The van der Waals surface area contributed by atoms with Crippen LogP contribution in [0.5, 0.6) is 0 Å². The number of nitrogens with one attached hydrogen (secondary N) is 2. The molecule has 5 rings (SSSR count). The topological polar surface area (TPSA) is 105 Å². The Morgan fingerprint density at radius 2 is 1.49 bits per heavy atom. The largest absolute Gasteiger partial charge is 0.478 e. The van der Waals surface area contributed by atoms with Gasteiger partial charge in [-0.15, -0.1) is 0 Å². The molecule has 0 aromatic heterocycles. The fourth-order valence-corrected chi connectivity index (χ4v) is 5.01. The van der Waals surface area contributed by atoms with Crippen molar-refractivity contribution in [3.8, 4) is 11.1 Å². The number of alkyl carbamates (subject to hydrolysis) is 1. The molecule has 0 bridgehead atoms. The average molecular weight is 471 g/mol. The van der Waals surface area contributed by atoms with Crippen LogP contribution in [0.15, 0.2) is 72.8 Å². The van der Waals surface area contributed by atoms with Crippen LogP contribution in [0.1, 0.15) is 53.1 Å². The molecular weight excluding hydrogens is 444 g/mol. The summed E-state index contributed by atoms with van der Waals surface area (Å²) in [7, 11) is 0. The van der Waals surface area contributed by atoms with Crippen molar-refractivity contribution in [1.29, 1.82) is 0 Å². The summed E-state index contributed by atoms with van der Waals surface area (Å²) in [6.07, 6.45) is 1.91. The maximum Gasteiger partial charge on any atom is 0.407 e. The minimum absolute atomic E-state index is 0.0254. The van der Waals surface area contributed by atoms with Crippen molar-refractivity contribution in [3.63, 3.8) is 0 Å². The molecule has 0 radical (unpaired) electrons. The lowest BCUT2D eigenvalue weighted by molar-refractivity contribution is -0.118. The fourth-order valence-electron chi connectivity index (χ4n) is 5.01. The van der Waals surface area contributed by atoms with E-state index in [-0.39, 0.29) is 30.4 Å². The molecule has 7 nitrogen and oxygen atoms in total. The van der Waals surface area contributed by atoms with E-state index in [1.54, 1.807) is 12.1 Å². The first-order valence-corrected chi connectivity index (χ1v) is 11.7. The highest BCUT2D eigenvalue weighted by atomic mass is 16.5. The van der Waals surface area contributed by atoms with Crippen LogP contribution >= 0.6 is 0 Å². The lowest BCUT2D eigenvalue weighted by atomic mass is 9.74. The summed E-state index contributed by atoms with van der Waals surface area (Å²) in [5, 5.41) is 14.7. The monoisotopic (exact) mass is 470 g/mol. The minimum Gasteiger partial charge on any atom is -0.478 e. The summed E-state index contributed by atoms with van der Waals surface area (Å²) in [6.45, 7) is 0.220. The Bertz CT molecular complexity index is 1240. The van der Waals surface area contributed by atoms with E-state index in [0.717, 1.165) is 17.5 Å². The highest BCUT2D eigenvalue weighted by molar-refractivity contribution is 5.93. The van der Waals surface area contributed by atoms with E-state index in [9.17, 15) is 14.4 Å². The highest BCUT2D eigenvalue weighted by Crippen LogP contribution is 2.44. The van der Waals surface area contributed by atoms with Crippen LogP contribution in [-0.2, 0) is 9.53 Å². The van der Waals surface area contributed by atoms with E-state index >= 15 is 0 Å². The van der Waals surface area contributed by atoms with Crippen LogP contribution in [0.2, 0.25) is 0 Å². The smallest absolute Gasteiger partial charge is 0.407 e. The van der Waals surface area contributed by atoms with E-state index in [2.05, 4.69) is 34.9 Å². The van der Waals surface area contributed by atoms with Crippen LogP contribution in [0.4, 0.5) is 10.5 Å². The number of carbonyl (C=O) groups excluding carboxylic acids is 2. The van der Waals surface area contributed by atoms with Gasteiger partial charge in [0.2, 0.25) is 5.91 Å². The Morgan fingerprint density at radius 3 is 2.03 bits per heavy atom. The molecule has 35 heavy (non-hydrogen) atoms. The zero-order valence-corrected chi connectivity index (χ0v) is 19.1. The molecule has 3 N–H and O–H groups in total. The Kier molecular flexibility index (Phi) is 5.99. The number of carbonyl (C=O) groups is 3. The SMILES string of the molecule is O=C(CC1(NC(=O)OCC2c3ccccc3-c3ccccc32)CCC1)Nc1ccc(C(=O)O)cc1. The third-order valence-electron chi connectivity index (χ3n) is 6.94. The number of carboxylic acids is 1. The van der Waals surface area contributed by atoms with Gasteiger partial charge < -0.3 is 20.5 Å². The van der Waals surface area contributed by atoms with E-state index in [0.29, 0.717) is 18.5 Å². The van der Waals surface area contributed by atoms with Gasteiger partial charge in [0.15, 0.2) is 0 Å². The number of hydrogen-bond acceptors (Lipinski definition) is 4. The van der Waals surface area contributed by atoms with Crippen molar-refractivity contribution in [2.45, 2.75) is 37.1 Å². The minimum atomic E-state index is -1.02. The number of benzene rings is 3. The molecule has 3 aromatic carbocycles. The second-order valence-corrected chi connectivity index (χ2v) is 9.19. The van der Waals surface area contributed by atoms with Gasteiger partial charge in [0.1, 0.15) is 6.61 Å². The van der Waals surface area contributed by atoms with Crippen LogP contribution < -0.4 is 10.6 Å². The van der Waals surface area contributed by atoms with Crippen molar-refractivity contribution in [3.05, 3.63) is 89.5 Å². The van der Waals surface area contributed by atoms with Gasteiger partial charge in [-0.05, 0) is 65.8 Å². The second-order valence-electron chi connectivity index (χ2n) is 9.19. The molecule has 0 unspecified atom stereocenters. The zero-order valence-electron chi connectivity index (χ0n) is 19.1. The van der Waals surface area contributed by atoms with E-state index < -0.39 is 17.6 Å². The zero-order chi connectivity index (χ0) is 24.4. The highest BCUT2D eigenvalue weighted by Gasteiger charge is 2.41. The number of ether oxygens (including phenoxy) is 1. The Labute approximate surface area is 203 Å². The molecule has 0 saturated heterocycles. The maximum absolute atomic E-state index is 12.8. The molecular formula is C28H26N2O5. The van der Waals surface area contributed by atoms with E-state index in [1.165, 1.54) is 23.3 Å². The van der Waals surface area contributed by atoms with Gasteiger partial charge in [-0.25, -0.2) is 9.59 Å². The van der Waals surface area contributed by atoms with Gasteiger partial charge in [0, 0.05) is 11.6 Å². The summed E-state index contributed by atoms with van der Waals surface area (Å²) < 4.78 is 5.67. The molecule has 0 atom stereocenters. The van der Waals surface area contributed by atoms with Crippen molar-refractivity contribution in [2.75, 3.05) is 11.9 Å². The first-order valence-electron chi connectivity index (χ1n) is 11.7. The molecule has 1 saturated carbocycles. The molecule has 2 aliphatic rings. The number of carboxylic acid groups (broad SMARTS) is 1. The summed E-state index contributed by atoms with van der Waals surface area (Å²) in [5.74, 6) is -1.29. The Morgan fingerprint density at radius 1 is 0.886 bits per heavy atom. The number of amides is 2. The molecule has 0 spiro atoms. The first-order chi connectivity index (χ1) is 16.9. The Balaban J connectivity index is 1.19. The summed E-state index contributed by atoms with van der Waals surface area (Å²) in [5.41, 5.74) is 4.65. The summed E-state index contributed by atoms with van der Waals surface area (Å²) >= 11 is 0. The molecule has 7 heteroatoms. The Hall–Kier alpha value is -4.13. The standard InChI is InChI=1S/C28H26N2O5/c31-25(29-19-12-10-18(11-13-19)26(32)33)16-28(14-5-15-28)30-27(34)35-17-24-22-8-3-1-6-20(22)21-7-2-4-9-23(21)24/h1-4,6-13,24H,5,14-17H2,(H,29,31)(H,30,34)(H,32,33). The van der Waals surface area contributed by atoms with Gasteiger partial charge >= 0.3 is 12.1 Å². The van der Waals surface area contributed by atoms with Crippen molar-refractivity contribution >= 4 is 23.7 Å². The van der Waals surface area contributed by atoms with E-state index in [1.807, 2.05) is 24.3 Å². The summed E-state index contributed by atoms with van der Waals surface area (Å²) in [4.78, 5) is 36.4. The number of aromatic carboxylic acids is 1. The van der Waals surface area contributed by atoms with Gasteiger partial charge in [-0.2, -0.15) is 0 Å². The van der Waals surface area contributed by atoms with Crippen LogP contribution in [-0.4, -0.2) is 35.2 Å². The third kappa shape index (κ3) is 4.62. The molecule has 2 amide bonds. The number of fused-ring (bicyclic) bond motifs is 3. The van der Waals surface area contributed by atoms with Crippen LogP contribution in [0.3, 0.4) is 0 Å². The number of rotatable bonds is 7. The van der Waals surface area contributed by atoms with Gasteiger partial charge in [0.05, 0.1) is 17.5 Å². The van der Waals surface area contributed by atoms with E-state index in [4.69, 9.17) is 9.84 Å². The second kappa shape index (κ2) is 9.25. The first kappa shape index (κ1) is 22.7. The molecule has 0 aliphatic heterocycles. The lowest BCUT2D eigenvalue weighted by Crippen LogP contribution is -2.55.